The molecular formula is C20H18N2O4. The molecular weight excluding hydrogens is 332 g/mol. The van der Waals surface area contributed by atoms with Gasteiger partial charge in [0.25, 0.3) is 5.91 Å². The van der Waals surface area contributed by atoms with Crippen LogP contribution in [0.25, 0.3) is 11.3 Å². The lowest BCUT2D eigenvalue weighted by atomic mass is 10.1. The molecule has 132 valence electrons. The summed E-state index contributed by atoms with van der Waals surface area (Å²) in [5, 5.41) is 6.80. The van der Waals surface area contributed by atoms with E-state index in [2.05, 4.69) is 10.5 Å². The highest BCUT2D eigenvalue weighted by molar-refractivity contribution is 5.93. The Morgan fingerprint density at radius 3 is 2.62 bits per heavy atom. The smallest absolute Gasteiger partial charge is 0.273 e. The van der Waals surface area contributed by atoms with Gasteiger partial charge in [-0.1, -0.05) is 41.6 Å². The number of carbonyl (C=O) groups excluding carboxylic acids is 1. The Balaban J connectivity index is 1.47. The number of rotatable bonds is 4. The highest BCUT2D eigenvalue weighted by atomic mass is 16.6. The van der Waals surface area contributed by atoms with Gasteiger partial charge < -0.3 is 19.3 Å². The zero-order chi connectivity index (χ0) is 17.9. The fourth-order valence-electron chi connectivity index (χ4n) is 2.80. The van der Waals surface area contributed by atoms with Crippen molar-refractivity contribution in [2.75, 3.05) is 13.2 Å². The number of nitrogens with zero attached hydrogens (tertiary/aromatic N) is 1. The molecule has 1 amide bonds. The summed E-state index contributed by atoms with van der Waals surface area (Å²) in [5.41, 5.74) is 2.04. The van der Waals surface area contributed by atoms with E-state index in [-0.39, 0.29) is 17.6 Å². The zero-order valence-electron chi connectivity index (χ0n) is 14.3. The van der Waals surface area contributed by atoms with Crippen molar-refractivity contribution in [3.05, 3.63) is 65.9 Å². The summed E-state index contributed by atoms with van der Waals surface area (Å²) in [6, 6.07) is 16.6. The minimum Gasteiger partial charge on any atom is -0.486 e. The second kappa shape index (κ2) is 6.92. The van der Waals surface area contributed by atoms with Gasteiger partial charge in [-0.3, -0.25) is 4.79 Å². The monoisotopic (exact) mass is 350 g/mol. The van der Waals surface area contributed by atoms with Gasteiger partial charge in [0.05, 0.1) is 6.04 Å². The lowest BCUT2D eigenvalue weighted by Gasteiger charge is -2.20. The summed E-state index contributed by atoms with van der Waals surface area (Å²) in [6.07, 6.45) is 0. The van der Waals surface area contributed by atoms with Crippen LogP contribution in [0, 0.1) is 0 Å². The van der Waals surface area contributed by atoms with Gasteiger partial charge in [-0.05, 0) is 24.6 Å². The van der Waals surface area contributed by atoms with Gasteiger partial charge in [-0.2, -0.15) is 0 Å². The van der Waals surface area contributed by atoms with Crippen LogP contribution < -0.4 is 14.8 Å². The van der Waals surface area contributed by atoms with Crippen molar-refractivity contribution < 1.29 is 18.8 Å². The Labute approximate surface area is 150 Å². The van der Waals surface area contributed by atoms with E-state index in [9.17, 15) is 4.79 Å². The molecule has 0 saturated carbocycles. The predicted molar refractivity (Wildman–Crippen MR) is 95.3 cm³/mol. The molecule has 0 bridgehead atoms. The molecule has 1 unspecified atom stereocenters. The van der Waals surface area contributed by atoms with Gasteiger partial charge in [0, 0.05) is 11.6 Å². The summed E-state index contributed by atoms with van der Waals surface area (Å²) in [7, 11) is 0. The fraction of sp³-hybridized carbons (Fsp3) is 0.200. The third-order valence-electron chi connectivity index (χ3n) is 4.21. The van der Waals surface area contributed by atoms with Crippen LogP contribution in [-0.2, 0) is 0 Å². The number of benzene rings is 2. The van der Waals surface area contributed by atoms with Crippen molar-refractivity contribution >= 4 is 5.91 Å². The average molecular weight is 350 g/mol. The summed E-state index contributed by atoms with van der Waals surface area (Å²) in [6.45, 7) is 2.98. The number of hydrogen-bond acceptors (Lipinski definition) is 5. The number of aromatic nitrogens is 1. The normalized spacial score (nSPS) is 13.9. The van der Waals surface area contributed by atoms with Crippen LogP contribution >= 0.6 is 0 Å². The largest absolute Gasteiger partial charge is 0.486 e. The Morgan fingerprint density at radius 1 is 1.04 bits per heavy atom. The second-order valence-electron chi connectivity index (χ2n) is 6.04. The van der Waals surface area contributed by atoms with Crippen molar-refractivity contribution in [3.63, 3.8) is 0 Å². The van der Waals surface area contributed by atoms with E-state index in [1.165, 1.54) is 0 Å². The van der Waals surface area contributed by atoms with Crippen molar-refractivity contribution in [3.8, 4) is 22.8 Å². The molecule has 1 aliphatic heterocycles. The number of hydrogen-bond donors (Lipinski definition) is 1. The Bertz CT molecular complexity index is 921. The highest BCUT2D eigenvalue weighted by Gasteiger charge is 2.19. The summed E-state index contributed by atoms with van der Waals surface area (Å²) in [4.78, 5) is 12.5. The molecule has 2 heterocycles. The van der Waals surface area contributed by atoms with Crippen LogP contribution in [-0.4, -0.2) is 24.3 Å². The molecule has 2 aromatic carbocycles. The maximum absolute atomic E-state index is 12.5. The van der Waals surface area contributed by atoms with E-state index >= 15 is 0 Å². The van der Waals surface area contributed by atoms with Gasteiger partial charge >= 0.3 is 0 Å². The molecule has 1 N–H and O–H groups in total. The van der Waals surface area contributed by atoms with Crippen LogP contribution in [0.2, 0.25) is 0 Å². The van der Waals surface area contributed by atoms with Crippen molar-refractivity contribution in [1.82, 2.24) is 10.5 Å². The lowest BCUT2D eigenvalue weighted by Crippen LogP contribution is -2.27. The molecule has 1 atom stereocenters. The third-order valence-corrected chi connectivity index (χ3v) is 4.21. The Morgan fingerprint density at radius 2 is 1.81 bits per heavy atom. The Hall–Kier alpha value is -3.28. The molecule has 6 nitrogen and oxygen atoms in total. The van der Waals surface area contributed by atoms with Crippen LogP contribution in [0.4, 0.5) is 0 Å². The molecule has 3 aromatic rings. The average Bonchev–Trinajstić information content (AvgIpc) is 3.18. The first kappa shape index (κ1) is 16.2. The molecule has 0 saturated heterocycles. The molecule has 0 fully saturated rings. The molecule has 6 heteroatoms. The molecule has 0 aliphatic carbocycles. The van der Waals surface area contributed by atoms with Crippen LogP contribution in [0.5, 0.6) is 11.5 Å². The van der Waals surface area contributed by atoms with Crippen molar-refractivity contribution in [2.24, 2.45) is 0 Å². The van der Waals surface area contributed by atoms with Gasteiger partial charge in [-0.15, -0.1) is 0 Å². The van der Waals surface area contributed by atoms with Crippen molar-refractivity contribution in [2.45, 2.75) is 13.0 Å². The van der Waals surface area contributed by atoms with E-state index in [4.69, 9.17) is 14.0 Å². The summed E-state index contributed by atoms with van der Waals surface area (Å²) >= 11 is 0. The molecule has 4 rings (SSSR count). The first-order valence-electron chi connectivity index (χ1n) is 8.43. The van der Waals surface area contributed by atoms with Crippen LogP contribution in [0.15, 0.2) is 59.1 Å². The molecule has 1 aliphatic rings. The van der Waals surface area contributed by atoms with E-state index in [1.54, 1.807) is 6.07 Å². The summed E-state index contributed by atoms with van der Waals surface area (Å²) < 4.78 is 16.4. The topological polar surface area (TPSA) is 73.6 Å². The van der Waals surface area contributed by atoms with Gasteiger partial charge in [0.15, 0.2) is 23.0 Å². The zero-order valence-corrected chi connectivity index (χ0v) is 14.3. The maximum atomic E-state index is 12.5. The first-order valence-corrected chi connectivity index (χ1v) is 8.43. The minimum absolute atomic E-state index is 0.213. The maximum Gasteiger partial charge on any atom is 0.273 e. The van der Waals surface area contributed by atoms with Gasteiger partial charge in [-0.25, -0.2) is 0 Å². The van der Waals surface area contributed by atoms with Crippen molar-refractivity contribution in [1.29, 1.82) is 0 Å². The standard InChI is InChI=1S/C20H18N2O4/c1-13(15-7-8-17-19(11-15)25-10-9-24-17)21-20(23)16-12-18(26-22-16)14-5-3-2-4-6-14/h2-8,11-13H,9-10H2,1H3,(H,21,23). The van der Waals surface area contributed by atoms with Gasteiger partial charge in [0.2, 0.25) is 0 Å². The molecule has 0 radical (unpaired) electrons. The van der Waals surface area contributed by atoms with Crippen LogP contribution in [0.1, 0.15) is 29.0 Å². The number of nitrogens with one attached hydrogen (secondary N) is 1. The third kappa shape index (κ3) is 3.26. The Kier molecular flexibility index (Phi) is 4.31. The quantitative estimate of drug-likeness (QED) is 0.778. The summed E-state index contributed by atoms with van der Waals surface area (Å²) in [5.74, 6) is 1.69. The second-order valence-corrected chi connectivity index (χ2v) is 6.04. The minimum atomic E-state index is -0.293. The van der Waals surface area contributed by atoms with Crippen LogP contribution in [0.3, 0.4) is 0 Å². The first-order chi connectivity index (χ1) is 12.7. The van der Waals surface area contributed by atoms with E-state index < -0.39 is 0 Å². The number of carbonyl (C=O) groups is 1. The predicted octanol–water partition coefficient (Wildman–Crippen LogP) is 3.60. The van der Waals surface area contributed by atoms with Gasteiger partial charge in [0.1, 0.15) is 13.2 Å². The van der Waals surface area contributed by atoms with E-state index in [1.807, 2.05) is 55.5 Å². The van der Waals surface area contributed by atoms with E-state index in [0.29, 0.717) is 24.7 Å². The molecule has 0 spiro atoms. The highest BCUT2D eigenvalue weighted by Crippen LogP contribution is 2.32. The SMILES string of the molecule is CC(NC(=O)c1cc(-c2ccccc2)on1)c1ccc2c(c1)OCCO2. The fourth-order valence-corrected chi connectivity index (χ4v) is 2.80. The number of fused-ring (bicyclic) bond motifs is 1. The van der Waals surface area contributed by atoms with E-state index in [0.717, 1.165) is 16.9 Å². The molecule has 1 aromatic heterocycles. The molecule has 26 heavy (non-hydrogen) atoms. The number of ether oxygens (including phenoxy) is 2. The number of amides is 1. The lowest BCUT2D eigenvalue weighted by molar-refractivity contribution is 0.0930.